The number of nitrogens with one attached hydrogen (secondary N) is 2. The zero-order chi connectivity index (χ0) is 21.1. The van der Waals surface area contributed by atoms with Crippen LogP contribution in [0.1, 0.15) is 16.8 Å². The van der Waals surface area contributed by atoms with Crippen molar-refractivity contribution in [1.82, 2.24) is 20.2 Å². The number of rotatable bonds is 5. The fourth-order valence-corrected chi connectivity index (χ4v) is 4.22. The van der Waals surface area contributed by atoms with Crippen molar-refractivity contribution < 1.29 is 4.79 Å². The van der Waals surface area contributed by atoms with Gasteiger partial charge in [-0.15, -0.1) is 0 Å². The molecule has 8 nitrogen and oxygen atoms in total. The molecule has 0 aliphatic carbocycles. The van der Waals surface area contributed by atoms with Gasteiger partial charge in [0.15, 0.2) is 0 Å². The number of fused-ring (bicyclic) bond motifs is 1. The summed E-state index contributed by atoms with van der Waals surface area (Å²) in [4.78, 5) is 25.4. The Labute approximate surface area is 185 Å². The molecule has 2 aromatic rings. The lowest BCUT2D eigenvalue weighted by atomic mass is 10.1. The van der Waals surface area contributed by atoms with E-state index in [1.807, 2.05) is 12.1 Å². The lowest BCUT2D eigenvalue weighted by Crippen LogP contribution is -2.51. The van der Waals surface area contributed by atoms with Crippen molar-refractivity contribution in [3.05, 3.63) is 45.1 Å². The van der Waals surface area contributed by atoms with Crippen LogP contribution in [0.4, 0.5) is 11.8 Å². The summed E-state index contributed by atoms with van der Waals surface area (Å²) in [5.41, 5.74) is 8.59. The van der Waals surface area contributed by atoms with Gasteiger partial charge in [0.2, 0.25) is 11.9 Å². The molecule has 0 unspecified atom stereocenters. The van der Waals surface area contributed by atoms with Crippen LogP contribution in [0, 0.1) is 0 Å². The van der Waals surface area contributed by atoms with E-state index in [0.717, 1.165) is 42.1 Å². The molecule has 1 saturated heterocycles. The molecule has 0 saturated carbocycles. The highest BCUT2D eigenvalue weighted by Crippen LogP contribution is 2.26. The summed E-state index contributed by atoms with van der Waals surface area (Å²) < 4.78 is 0. The molecule has 1 amide bonds. The lowest BCUT2D eigenvalue weighted by molar-refractivity contribution is -0.129. The summed E-state index contributed by atoms with van der Waals surface area (Å²) in [6, 6.07) is 5.48. The molecule has 4 rings (SSSR count). The van der Waals surface area contributed by atoms with Crippen LogP contribution in [-0.4, -0.2) is 60.0 Å². The molecular formula is C20H25Cl2N7O. The molecule has 30 heavy (non-hydrogen) atoms. The van der Waals surface area contributed by atoms with Crippen LogP contribution in [0.15, 0.2) is 18.2 Å². The van der Waals surface area contributed by atoms with E-state index in [0.29, 0.717) is 48.7 Å². The second-order valence-corrected chi connectivity index (χ2v) is 8.23. The molecule has 160 valence electrons. The van der Waals surface area contributed by atoms with Gasteiger partial charge in [-0.25, -0.2) is 4.98 Å². The summed E-state index contributed by atoms with van der Waals surface area (Å²) in [6.45, 7) is 4.83. The van der Waals surface area contributed by atoms with E-state index in [1.165, 1.54) is 0 Å². The molecule has 0 spiro atoms. The lowest BCUT2D eigenvalue weighted by Gasteiger charge is -2.35. The molecule has 4 N–H and O–H groups in total. The summed E-state index contributed by atoms with van der Waals surface area (Å²) >= 11 is 12.3. The van der Waals surface area contributed by atoms with Crippen LogP contribution in [0.3, 0.4) is 0 Å². The van der Waals surface area contributed by atoms with Crippen LogP contribution in [0.2, 0.25) is 10.0 Å². The zero-order valence-electron chi connectivity index (χ0n) is 16.6. The third-order valence-electron chi connectivity index (χ3n) is 5.47. The van der Waals surface area contributed by atoms with Gasteiger partial charge in [-0.2, -0.15) is 4.98 Å². The first kappa shape index (κ1) is 21.1. The smallest absolute Gasteiger partial charge is 0.236 e. The Morgan fingerprint density at radius 2 is 2.00 bits per heavy atom. The van der Waals surface area contributed by atoms with E-state index in [9.17, 15) is 4.79 Å². The average molecular weight is 450 g/mol. The summed E-state index contributed by atoms with van der Waals surface area (Å²) in [5, 5.41) is 8.06. The van der Waals surface area contributed by atoms with E-state index in [1.54, 1.807) is 11.0 Å². The Hall–Kier alpha value is -2.13. The van der Waals surface area contributed by atoms with Crippen LogP contribution in [-0.2, 0) is 24.3 Å². The molecule has 1 aromatic carbocycles. The average Bonchev–Trinajstić information content (AvgIpc) is 2.77. The normalized spacial score (nSPS) is 16.4. The number of hydrogen-bond donors (Lipinski definition) is 3. The van der Waals surface area contributed by atoms with Gasteiger partial charge in [-0.05, 0) is 17.7 Å². The number of hydrogen-bond acceptors (Lipinski definition) is 7. The monoisotopic (exact) mass is 449 g/mol. The highest BCUT2D eigenvalue weighted by molar-refractivity contribution is 6.35. The van der Waals surface area contributed by atoms with Crippen molar-refractivity contribution in [2.75, 3.05) is 49.5 Å². The van der Waals surface area contributed by atoms with Gasteiger partial charge in [0.1, 0.15) is 5.82 Å². The molecule has 0 radical (unpaired) electrons. The number of carbonyl (C=O) groups excluding carboxylic acids is 1. The minimum absolute atomic E-state index is 0.0192. The van der Waals surface area contributed by atoms with Crippen LogP contribution < -0.4 is 21.3 Å². The zero-order valence-corrected chi connectivity index (χ0v) is 18.1. The van der Waals surface area contributed by atoms with Gasteiger partial charge >= 0.3 is 0 Å². The Balaban J connectivity index is 1.54. The molecule has 0 atom stereocenters. The van der Waals surface area contributed by atoms with E-state index >= 15 is 0 Å². The van der Waals surface area contributed by atoms with Crippen LogP contribution in [0.25, 0.3) is 0 Å². The SMILES string of the molecule is NCC(=O)N1CCN(c2nc3c(c(NCc4ccc(Cl)cc4Cl)n2)CNCC3)CC1. The predicted octanol–water partition coefficient (Wildman–Crippen LogP) is 1.65. The summed E-state index contributed by atoms with van der Waals surface area (Å²) in [7, 11) is 0. The maximum absolute atomic E-state index is 11.8. The Morgan fingerprint density at radius 1 is 1.20 bits per heavy atom. The number of aromatic nitrogens is 2. The maximum atomic E-state index is 11.8. The molecule has 1 aromatic heterocycles. The Kier molecular flexibility index (Phi) is 6.58. The number of carbonyl (C=O) groups is 1. The first-order chi connectivity index (χ1) is 14.5. The molecule has 2 aliphatic rings. The summed E-state index contributed by atoms with van der Waals surface area (Å²) in [6.07, 6.45) is 0.854. The number of nitrogens with two attached hydrogens (primary N) is 1. The predicted molar refractivity (Wildman–Crippen MR) is 119 cm³/mol. The fourth-order valence-electron chi connectivity index (χ4n) is 3.75. The quantitative estimate of drug-likeness (QED) is 0.637. The second kappa shape index (κ2) is 9.34. The molecule has 0 bridgehead atoms. The van der Waals surface area contributed by atoms with Gasteiger partial charge in [0.05, 0.1) is 12.2 Å². The molecule has 2 aliphatic heterocycles. The largest absolute Gasteiger partial charge is 0.365 e. The third kappa shape index (κ3) is 4.62. The number of halogens is 2. The van der Waals surface area contributed by atoms with E-state index in [4.69, 9.17) is 38.9 Å². The second-order valence-electron chi connectivity index (χ2n) is 7.39. The highest BCUT2D eigenvalue weighted by atomic mass is 35.5. The minimum Gasteiger partial charge on any atom is -0.365 e. The van der Waals surface area contributed by atoms with Crippen LogP contribution >= 0.6 is 23.2 Å². The van der Waals surface area contributed by atoms with E-state index in [-0.39, 0.29) is 12.5 Å². The van der Waals surface area contributed by atoms with Gasteiger partial charge in [-0.3, -0.25) is 4.79 Å². The van der Waals surface area contributed by atoms with Crippen molar-refractivity contribution in [2.24, 2.45) is 5.73 Å². The van der Waals surface area contributed by atoms with E-state index in [2.05, 4.69) is 15.5 Å². The first-order valence-electron chi connectivity index (χ1n) is 10.1. The molecular weight excluding hydrogens is 425 g/mol. The highest BCUT2D eigenvalue weighted by Gasteiger charge is 2.24. The van der Waals surface area contributed by atoms with Gasteiger partial charge in [0.25, 0.3) is 0 Å². The van der Waals surface area contributed by atoms with Crippen molar-refractivity contribution in [3.8, 4) is 0 Å². The van der Waals surface area contributed by atoms with Crippen LogP contribution in [0.5, 0.6) is 0 Å². The fraction of sp³-hybridized carbons (Fsp3) is 0.450. The van der Waals surface area contributed by atoms with E-state index < -0.39 is 0 Å². The van der Waals surface area contributed by atoms with Gasteiger partial charge < -0.3 is 26.2 Å². The number of amides is 1. The number of nitrogens with zero attached hydrogens (tertiary/aromatic N) is 4. The molecule has 1 fully saturated rings. The summed E-state index contributed by atoms with van der Waals surface area (Å²) in [5.74, 6) is 1.49. The van der Waals surface area contributed by atoms with Crippen molar-refractivity contribution >= 4 is 40.9 Å². The standard InChI is InChI=1S/C20H25Cl2N7O/c21-14-2-1-13(16(22)9-14)11-25-19-15-12-24-4-3-17(15)26-20(27-19)29-7-5-28(6-8-29)18(30)10-23/h1-2,9,24H,3-8,10-12,23H2,(H,25,26,27). The number of anilines is 2. The Morgan fingerprint density at radius 3 is 2.73 bits per heavy atom. The first-order valence-corrected chi connectivity index (χ1v) is 10.8. The van der Waals surface area contributed by atoms with Crippen molar-refractivity contribution in [1.29, 1.82) is 0 Å². The maximum Gasteiger partial charge on any atom is 0.236 e. The van der Waals surface area contributed by atoms with Gasteiger partial charge in [0, 0.05) is 67.8 Å². The molecule has 3 heterocycles. The number of piperazine rings is 1. The minimum atomic E-state index is -0.0192. The van der Waals surface area contributed by atoms with Crippen molar-refractivity contribution in [2.45, 2.75) is 19.5 Å². The topological polar surface area (TPSA) is 99.4 Å². The number of benzene rings is 1. The Bertz CT molecular complexity index is 932. The van der Waals surface area contributed by atoms with Gasteiger partial charge in [-0.1, -0.05) is 29.3 Å². The third-order valence-corrected chi connectivity index (χ3v) is 6.06. The van der Waals surface area contributed by atoms with Crippen molar-refractivity contribution in [3.63, 3.8) is 0 Å². The molecule has 10 heteroatoms.